The van der Waals surface area contributed by atoms with Crippen LogP contribution in [0.3, 0.4) is 0 Å². The summed E-state index contributed by atoms with van der Waals surface area (Å²) in [4.78, 5) is 11.6. The van der Waals surface area contributed by atoms with Gasteiger partial charge in [0, 0.05) is 6.42 Å². The highest BCUT2D eigenvalue weighted by Crippen LogP contribution is 2.21. The third-order valence-electron chi connectivity index (χ3n) is 2.57. The summed E-state index contributed by atoms with van der Waals surface area (Å²) in [6, 6.07) is 3.72. The zero-order chi connectivity index (χ0) is 9.80. The Hall–Kier alpha value is -1.31. The van der Waals surface area contributed by atoms with Crippen LogP contribution < -0.4 is 0 Å². The highest BCUT2D eigenvalue weighted by molar-refractivity contribution is 5.99. The molecule has 14 heavy (non-hydrogen) atoms. The maximum absolute atomic E-state index is 11.6. The van der Waals surface area contributed by atoms with E-state index in [0.29, 0.717) is 12.2 Å². The van der Waals surface area contributed by atoms with Gasteiger partial charge in [-0.1, -0.05) is 6.42 Å². The third-order valence-corrected chi connectivity index (χ3v) is 2.57. The first-order chi connectivity index (χ1) is 6.86. The van der Waals surface area contributed by atoms with Crippen molar-refractivity contribution in [3.05, 3.63) is 29.7 Å². The molecule has 1 aliphatic carbocycles. The SMILES string of the molecule is O=C1CCCCCC1=Cc1ccco1. The van der Waals surface area contributed by atoms with Crippen LogP contribution in [-0.4, -0.2) is 5.78 Å². The van der Waals surface area contributed by atoms with E-state index >= 15 is 0 Å². The topological polar surface area (TPSA) is 30.2 Å². The molecule has 1 saturated carbocycles. The predicted molar refractivity (Wildman–Crippen MR) is 54.8 cm³/mol. The van der Waals surface area contributed by atoms with Crippen LogP contribution in [0, 0.1) is 0 Å². The van der Waals surface area contributed by atoms with Gasteiger partial charge in [0.25, 0.3) is 0 Å². The minimum absolute atomic E-state index is 0.291. The van der Waals surface area contributed by atoms with Crippen molar-refractivity contribution in [2.24, 2.45) is 0 Å². The summed E-state index contributed by atoms with van der Waals surface area (Å²) in [6.07, 6.45) is 8.45. The highest BCUT2D eigenvalue weighted by atomic mass is 16.3. The molecular formula is C12H14O2. The smallest absolute Gasteiger partial charge is 0.158 e. The first-order valence-corrected chi connectivity index (χ1v) is 5.13. The van der Waals surface area contributed by atoms with Gasteiger partial charge in [0.05, 0.1) is 6.26 Å². The Balaban J connectivity index is 2.18. The first kappa shape index (κ1) is 9.25. The molecule has 0 aliphatic heterocycles. The molecule has 1 fully saturated rings. The highest BCUT2D eigenvalue weighted by Gasteiger charge is 2.13. The molecule has 2 heteroatoms. The van der Waals surface area contributed by atoms with Crippen LogP contribution in [0.4, 0.5) is 0 Å². The molecule has 0 spiro atoms. The van der Waals surface area contributed by atoms with Crippen LogP contribution in [0.5, 0.6) is 0 Å². The summed E-state index contributed by atoms with van der Waals surface area (Å²) in [7, 11) is 0. The molecule has 1 aromatic heterocycles. The Morgan fingerprint density at radius 3 is 2.86 bits per heavy atom. The van der Waals surface area contributed by atoms with Gasteiger partial charge >= 0.3 is 0 Å². The fraction of sp³-hybridized carbons (Fsp3) is 0.417. The lowest BCUT2D eigenvalue weighted by atomic mass is 10.1. The summed E-state index contributed by atoms with van der Waals surface area (Å²) >= 11 is 0. The number of furan rings is 1. The van der Waals surface area contributed by atoms with E-state index in [0.717, 1.165) is 30.6 Å². The number of allylic oxidation sites excluding steroid dienone is 1. The fourth-order valence-electron chi connectivity index (χ4n) is 1.78. The van der Waals surface area contributed by atoms with Crippen molar-refractivity contribution in [3.8, 4) is 0 Å². The zero-order valence-corrected chi connectivity index (χ0v) is 8.16. The number of Topliss-reactive ketones (excluding diaryl/α,β-unsaturated/α-hetero) is 1. The van der Waals surface area contributed by atoms with Crippen molar-refractivity contribution in [1.29, 1.82) is 0 Å². The van der Waals surface area contributed by atoms with Crippen LogP contribution in [0.2, 0.25) is 0 Å². The minimum Gasteiger partial charge on any atom is -0.465 e. The zero-order valence-electron chi connectivity index (χ0n) is 8.16. The molecule has 0 amide bonds. The van der Waals surface area contributed by atoms with Crippen LogP contribution in [0.15, 0.2) is 28.4 Å². The van der Waals surface area contributed by atoms with E-state index in [4.69, 9.17) is 4.42 Å². The maximum atomic E-state index is 11.6. The Morgan fingerprint density at radius 1 is 1.21 bits per heavy atom. The van der Waals surface area contributed by atoms with Crippen molar-refractivity contribution in [1.82, 2.24) is 0 Å². The van der Waals surface area contributed by atoms with Crippen LogP contribution >= 0.6 is 0 Å². The van der Waals surface area contributed by atoms with Crippen molar-refractivity contribution < 1.29 is 9.21 Å². The number of rotatable bonds is 1. The molecule has 0 N–H and O–H groups in total. The number of hydrogen-bond acceptors (Lipinski definition) is 2. The van der Waals surface area contributed by atoms with E-state index in [1.165, 1.54) is 6.42 Å². The molecule has 0 bridgehead atoms. The van der Waals surface area contributed by atoms with Gasteiger partial charge in [0.15, 0.2) is 5.78 Å². The van der Waals surface area contributed by atoms with Crippen LogP contribution in [-0.2, 0) is 4.79 Å². The molecule has 2 rings (SSSR count). The first-order valence-electron chi connectivity index (χ1n) is 5.13. The Morgan fingerprint density at radius 2 is 2.07 bits per heavy atom. The number of ketones is 1. The quantitative estimate of drug-likeness (QED) is 0.503. The minimum atomic E-state index is 0.291. The number of carbonyl (C=O) groups excluding carboxylic acids is 1. The maximum Gasteiger partial charge on any atom is 0.158 e. The average molecular weight is 190 g/mol. The second kappa shape index (κ2) is 4.27. The standard InChI is InChI=1S/C12H14O2/c13-12-7-3-1-2-5-10(12)9-11-6-4-8-14-11/h4,6,8-9H,1-3,5,7H2. The average Bonchev–Trinajstić information content (AvgIpc) is 2.60. The molecular weight excluding hydrogens is 176 g/mol. The van der Waals surface area contributed by atoms with E-state index in [1.807, 2.05) is 18.2 Å². The van der Waals surface area contributed by atoms with Gasteiger partial charge in [0.1, 0.15) is 5.76 Å². The van der Waals surface area contributed by atoms with E-state index in [-0.39, 0.29) is 0 Å². The van der Waals surface area contributed by atoms with E-state index in [2.05, 4.69) is 0 Å². The molecule has 1 aromatic rings. The summed E-state index contributed by atoms with van der Waals surface area (Å²) in [5.41, 5.74) is 0.928. The summed E-state index contributed by atoms with van der Waals surface area (Å²) in [5.74, 6) is 1.08. The largest absolute Gasteiger partial charge is 0.465 e. The van der Waals surface area contributed by atoms with Gasteiger partial charge < -0.3 is 4.42 Å². The van der Waals surface area contributed by atoms with Crippen molar-refractivity contribution >= 4 is 11.9 Å². The molecule has 1 aliphatic rings. The van der Waals surface area contributed by atoms with Crippen LogP contribution in [0.25, 0.3) is 6.08 Å². The van der Waals surface area contributed by atoms with Crippen LogP contribution in [0.1, 0.15) is 37.9 Å². The van der Waals surface area contributed by atoms with Gasteiger partial charge in [-0.15, -0.1) is 0 Å². The van der Waals surface area contributed by atoms with E-state index in [1.54, 1.807) is 6.26 Å². The second-order valence-electron chi connectivity index (χ2n) is 3.67. The van der Waals surface area contributed by atoms with Gasteiger partial charge in [-0.25, -0.2) is 0 Å². The summed E-state index contributed by atoms with van der Waals surface area (Å²) in [5, 5.41) is 0. The number of carbonyl (C=O) groups is 1. The van der Waals surface area contributed by atoms with E-state index in [9.17, 15) is 4.79 Å². The fourth-order valence-corrected chi connectivity index (χ4v) is 1.78. The van der Waals surface area contributed by atoms with Gasteiger partial charge in [-0.3, -0.25) is 4.79 Å². The lowest BCUT2D eigenvalue weighted by Crippen LogP contribution is -1.98. The Labute approximate surface area is 83.6 Å². The molecule has 0 radical (unpaired) electrons. The molecule has 2 nitrogen and oxygen atoms in total. The lowest BCUT2D eigenvalue weighted by molar-refractivity contribution is -0.115. The van der Waals surface area contributed by atoms with Gasteiger partial charge in [-0.05, 0) is 43.0 Å². The molecule has 0 saturated heterocycles. The summed E-state index contributed by atoms with van der Waals surface area (Å²) in [6.45, 7) is 0. The second-order valence-corrected chi connectivity index (χ2v) is 3.67. The van der Waals surface area contributed by atoms with E-state index < -0.39 is 0 Å². The molecule has 0 aromatic carbocycles. The monoisotopic (exact) mass is 190 g/mol. The normalized spacial score (nSPS) is 21.1. The molecule has 74 valence electrons. The Bertz CT molecular complexity index is 333. The van der Waals surface area contributed by atoms with Gasteiger partial charge in [0.2, 0.25) is 0 Å². The van der Waals surface area contributed by atoms with Crippen molar-refractivity contribution in [3.63, 3.8) is 0 Å². The third kappa shape index (κ3) is 2.13. The van der Waals surface area contributed by atoms with Gasteiger partial charge in [-0.2, -0.15) is 0 Å². The van der Waals surface area contributed by atoms with Crippen molar-refractivity contribution in [2.45, 2.75) is 32.1 Å². The Kier molecular flexibility index (Phi) is 2.82. The predicted octanol–water partition coefficient (Wildman–Crippen LogP) is 3.20. The summed E-state index contributed by atoms with van der Waals surface area (Å²) < 4.78 is 5.20. The molecule has 0 unspecified atom stereocenters. The molecule has 0 atom stereocenters. The number of hydrogen-bond donors (Lipinski definition) is 0. The lowest BCUT2D eigenvalue weighted by Gasteiger charge is -1.99. The molecule has 1 heterocycles. The van der Waals surface area contributed by atoms with Crippen molar-refractivity contribution in [2.75, 3.05) is 0 Å².